The number of benzene rings is 2. The van der Waals surface area contributed by atoms with E-state index in [0.29, 0.717) is 23.3 Å². The van der Waals surface area contributed by atoms with Crippen molar-refractivity contribution in [3.05, 3.63) is 76.9 Å². The number of amides is 1. The largest absolute Gasteiger partial charge is 0.507 e. The number of methoxy groups -OCH3 is 1. The molecule has 0 spiro atoms. The fraction of sp³-hybridized carbons (Fsp3) is 0.292. The molecule has 2 unspecified atom stereocenters. The highest BCUT2D eigenvalue weighted by atomic mass is 16.5. The lowest BCUT2D eigenvalue weighted by atomic mass is 9.94. The number of carbonyl (C=O) groups is 3. The first-order valence-electron chi connectivity index (χ1n) is 10.1. The lowest BCUT2D eigenvalue weighted by Crippen LogP contribution is -2.36. The van der Waals surface area contributed by atoms with Crippen LogP contribution in [-0.2, 0) is 19.1 Å². The van der Waals surface area contributed by atoms with E-state index in [1.807, 2.05) is 0 Å². The van der Waals surface area contributed by atoms with Gasteiger partial charge in [-0.1, -0.05) is 42.5 Å². The fourth-order valence-corrected chi connectivity index (χ4v) is 4.09. The third-order valence-corrected chi connectivity index (χ3v) is 5.66. The molecule has 0 aliphatic carbocycles. The number of rotatable bonds is 5. The van der Waals surface area contributed by atoms with E-state index < -0.39 is 23.7 Å². The minimum absolute atomic E-state index is 0.0278. The van der Waals surface area contributed by atoms with E-state index in [4.69, 9.17) is 9.47 Å². The number of Topliss-reactive ketones (excluding diaryl/α,β-unsaturated/α-hetero) is 1. The van der Waals surface area contributed by atoms with Crippen LogP contribution in [0.15, 0.2) is 60.2 Å². The summed E-state index contributed by atoms with van der Waals surface area (Å²) in [5.74, 6) is -2.11. The number of likely N-dealkylation sites (tertiary alicyclic amines) is 1. The zero-order valence-electron chi connectivity index (χ0n) is 17.1. The minimum atomic E-state index is -0.781. The standard InChI is InChI=1S/C24H23NO6/c1-30-24(29)17-11-9-15(10-12-17)20-19(21(26)16-6-3-2-4-7-16)22(27)23(28)25(20)14-18-8-5-13-31-18/h2-4,6-7,9-12,18,20,26H,5,8,13-14H2,1H3/b21-19+. The topological polar surface area (TPSA) is 93.1 Å². The number of hydrogen-bond donors (Lipinski definition) is 1. The molecule has 1 N–H and O–H groups in total. The van der Waals surface area contributed by atoms with Crippen LogP contribution >= 0.6 is 0 Å². The second-order valence-corrected chi connectivity index (χ2v) is 7.57. The average molecular weight is 421 g/mol. The molecular weight excluding hydrogens is 398 g/mol. The van der Waals surface area contributed by atoms with Gasteiger partial charge in [0, 0.05) is 18.7 Å². The van der Waals surface area contributed by atoms with Gasteiger partial charge in [-0.25, -0.2) is 4.79 Å². The summed E-state index contributed by atoms with van der Waals surface area (Å²) in [6.07, 6.45) is 1.54. The van der Waals surface area contributed by atoms with Gasteiger partial charge in [0.2, 0.25) is 0 Å². The summed E-state index contributed by atoms with van der Waals surface area (Å²) in [5.41, 5.74) is 1.45. The molecule has 31 heavy (non-hydrogen) atoms. The molecule has 0 bridgehead atoms. The quantitative estimate of drug-likeness (QED) is 0.345. The van der Waals surface area contributed by atoms with Gasteiger partial charge >= 0.3 is 5.97 Å². The highest BCUT2D eigenvalue weighted by molar-refractivity contribution is 6.46. The van der Waals surface area contributed by atoms with Crippen molar-refractivity contribution >= 4 is 23.4 Å². The number of aliphatic hydroxyl groups excluding tert-OH is 1. The molecule has 2 heterocycles. The molecular formula is C24H23NO6. The number of esters is 1. The number of ketones is 1. The smallest absolute Gasteiger partial charge is 0.337 e. The number of ether oxygens (including phenoxy) is 2. The third-order valence-electron chi connectivity index (χ3n) is 5.66. The van der Waals surface area contributed by atoms with Gasteiger partial charge in [-0.15, -0.1) is 0 Å². The molecule has 0 radical (unpaired) electrons. The molecule has 1 amide bonds. The molecule has 7 heteroatoms. The van der Waals surface area contributed by atoms with E-state index in [1.165, 1.54) is 12.0 Å². The van der Waals surface area contributed by atoms with E-state index in [-0.39, 0.29) is 24.0 Å². The Hall–Kier alpha value is -3.45. The molecule has 0 aromatic heterocycles. The molecule has 2 aliphatic rings. The normalized spacial score (nSPS) is 22.7. The van der Waals surface area contributed by atoms with Crippen LogP contribution in [0.2, 0.25) is 0 Å². The fourth-order valence-electron chi connectivity index (χ4n) is 4.09. The van der Waals surface area contributed by atoms with E-state index in [9.17, 15) is 19.5 Å². The number of carbonyl (C=O) groups excluding carboxylic acids is 3. The number of aliphatic hydroxyl groups is 1. The van der Waals surface area contributed by atoms with Crippen molar-refractivity contribution in [2.45, 2.75) is 25.0 Å². The predicted molar refractivity (Wildman–Crippen MR) is 112 cm³/mol. The summed E-state index contributed by atoms with van der Waals surface area (Å²) < 4.78 is 10.4. The van der Waals surface area contributed by atoms with Crippen LogP contribution in [0, 0.1) is 0 Å². The number of hydrogen-bond acceptors (Lipinski definition) is 6. The van der Waals surface area contributed by atoms with Gasteiger partial charge in [0.15, 0.2) is 0 Å². The van der Waals surface area contributed by atoms with E-state index in [2.05, 4.69) is 0 Å². The maximum absolute atomic E-state index is 13.0. The molecule has 2 atom stereocenters. The van der Waals surface area contributed by atoms with Crippen LogP contribution in [0.4, 0.5) is 0 Å². The second-order valence-electron chi connectivity index (χ2n) is 7.57. The Kier molecular flexibility index (Phi) is 5.86. The minimum Gasteiger partial charge on any atom is -0.507 e. The van der Waals surface area contributed by atoms with Gasteiger partial charge in [-0.05, 0) is 30.5 Å². The molecule has 2 aromatic carbocycles. The lowest BCUT2D eigenvalue weighted by molar-refractivity contribution is -0.140. The van der Waals surface area contributed by atoms with Crippen molar-refractivity contribution in [1.82, 2.24) is 4.90 Å². The van der Waals surface area contributed by atoms with E-state index >= 15 is 0 Å². The van der Waals surface area contributed by atoms with Gasteiger partial charge in [0.1, 0.15) is 5.76 Å². The first kappa shape index (κ1) is 20.8. The Morgan fingerprint density at radius 3 is 2.42 bits per heavy atom. The summed E-state index contributed by atoms with van der Waals surface area (Å²) >= 11 is 0. The van der Waals surface area contributed by atoms with E-state index in [0.717, 1.165) is 12.8 Å². The highest BCUT2D eigenvalue weighted by Gasteiger charge is 2.47. The monoisotopic (exact) mass is 421 g/mol. The summed E-state index contributed by atoms with van der Waals surface area (Å²) in [7, 11) is 1.30. The van der Waals surface area contributed by atoms with Crippen molar-refractivity contribution in [3.63, 3.8) is 0 Å². The van der Waals surface area contributed by atoms with Crippen LogP contribution in [-0.4, -0.2) is 54.0 Å². The van der Waals surface area contributed by atoms with Crippen LogP contribution in [0.5, 0.6) is 0 Å². The zero-order chi connectivity index (χ0) is 22.0. The zero-order valence-corrected chi connectivity index (χ0v) is 17.1. The van der Waals surface area contributed by atoms with Crippen LogP contribution in [0.1, 0.15) is 40.4 Å². The SMILES string of the molecule is COC(=O)c1ccc(C2/C(=C(\O)c3ccccc3)C(=O)C(=O)N2CC2CCCO2)cc1. The Morgan fingerprint density at radius 2 is 1.81 bits per heavy atom. The summed E-state index contributed by atoms with van der Waals surface area (Å²) in [5, 5.41) is 11.0. The van der Waals surface area contributed by atoms with Crippen molar-refractivity contribution in [2.24, 2.45) is 0 Å². The van der Waals surface area contributed by atoms with Gasteiger partial charge in [0.25, 0.3) is 11.7 Å². The molecule has 0 saturated carbocycles. The first-order valence-corrected chi connectivity index (χ1v) is 10.1. The highest BCUT2D eigenvalue weighted by Crippen LogP contribution is 2.40. The van der Waals surface area contributed by atoms with Crippen LogP contribution in [0.25, 0.3) is 5.76 Å². The predicted octanol–water partition coefficient (Wildman–Crippen LogP) is 3.07. The second kappa shape index (κ2) is 8.73. The molecule has 7 nitrogen and oxygen atoms in total. The molecule has 4 rings (SSSR count). The van der Waals surface area contributed by atoms with Gasteiger partial charge in [-0.2, -0.15) is 0 Å². The molecule has 2 aliphatic heterocycles. The Morgan fingerprint density at radius 1 is 1.10 bits per heavy atom. The third kappa shape index (κ3) is 3.96. The van der Waals surface area contributed by atoms with Crippen molar-refractivity contribution in [3.8, 4) is 0 Å². The van der Waals surface area contributed by atoms with Crippen LogP contribution in [0.3, 0.4) is 0 Å². The Bertz CT molecular complexity index is 1020. The van der Waals surface area contributed by atoms with Crippen LogP contribution < -0.4 is 0 Å². The summed E-state index contributed by atoms with van der Waals surface area (Å²) in [4.78, 5) is 39.2. The summed E-state index contributed by atoms with van der Waals surface area (Å²) in [6.45, 7) is 0.872. The molecule has 160 valence electrons. The molecule has 2 fully saturated rings. The number of nitrogens with zero attached hydrogens (tertiary/aromatic N) is 1. The van der Waals surface area contributed by atoms with Crippen molar-refractivity contribution < 1.29 is 29.0 Å². The lowest BCUT2D eigenvalue weighted by Gasteiger charge is -2.27. The van der Waals surface area contributed by atoms with E-state index in [1.54, 1.807) is 54.6 Å². The Labute approximate surface area is 179 Å². The summed E-state index contributed by atoms with van der Waals surface area (Å²) in [6, 6.07) is 14.4. The maximum atomic E-state index is 13.0. The van der Waals surface area contributed by atoms with Crippen molar-refractivity contribution in [2.75, 3.05) is 20.3 Å². The first-order chi connectivity index (χ1) is 15.0. The van der Waals surface area contributed by atoms with Gasteiger partial charge in [-0.3, -0.25) is 9.59 Å². The van der Waals surface area contributed by atoms with Gasteiger partial charge < -0.3 is 19.5 Å². The molecule has 2 saturated heterocycles. The van der Waals surface area contributed by atoms with Gasteiger partial charge in [0.05, 0.1) is 30.4 Å². The Balaban J connectivity index is 1.79. The van der Waals surface area contributed by atoms with Crippen molar-refractivity contribution in [1.29, 1.82) is 0 Å². The molecule has 2 aromatic rings. The maximum Gasteiger partial charge on any atom is 0.337 e. The average Bonchev–Trinajstić information content (AvgIpc) is 3.41.